The van der Waals surface area contributed by atoms with Crippen LogP contribution in [0.25, 0.3) is 0 Å². The summed E-state index contributed by atoms with van der Waals surface area (Å²) in [6.45, 7) is 0. The lowest BCUT2D eigenvalue weighted by Crippen LogP contribution is -1.88. The normalized spacial score (nSPS) is 9.05. The smallest absolute Gasteiger partial charge is 0.153 e. The average molecular weight is 323 g/mol. The van der Waals surface area contributed by atoms with Gasteiger partial charge in [0.15, 0.2) is 6.29 Å². The number of anilines is 1. The third kappa shape index (κ3) is 4.67. The Hall–Kier alpha value is -2.22. The highest BCUT2D eigenvalue weighted by atomic mass is 35.5. The Morgan fingerprint density at radius 3 is 2.29 bits per heavy atom. The van der Waals surface area contributed by atoms with Crippen molar-refractivity contribution in [1.82, 2.24) is 0 Å². The van der Waals surface area contributed by atoms with Crippen molar-refractivity contribution in [2.45, 2.75) is 0 Å². The number of halogens is 2. The summed E-state index contributed by atoms with van der Waals surface area (Å²) < 4.78 is 0. The van der Waals surface area contributed by atoms with Crippen LogP contribution in [0, 0.1) is 11.3 Å². The molecule has 0 saturated carbocycles. The number of aldehydes is 1. The van der Waals surface area contributed by atoms with Crippen molar-refractivity contribution in [2.75, 3.05) is 12.4 Å². The van der Waals surface area contributed by atoms with Crippen LogP contribution in [-0.4, -0.2) is 18.4 Å². The zero-order valence-electron chi connectivity index (χ0n) is 11.1. The molecule has 2 N–H and O–H groups in total. The Kier molecular flexibility index (Phi) is 6.54. The Balaban J connectivity index is 0.000000211. The van der Waals surface area contributed by atoms with Crippen LogP contribution >= 0.6 is 23.2 Å². The van der Waals surface area contributed by atoms with Gasteiger partial charge in [0, 0.05) is 7.05 Å². The molecule has 0 aromatic heterocycles. The summed E-state index contributed by atoms with van der Waals surface area (Å²) in [4.78, 5) is 10.3. The van der Waals surface area contributed by atoms with Gasteiger partial charge >= 0.3 is 0 Å². The zero-order valence-corrected chi connectivity index (χ0v) is 12.6. The van der Waals surface area contributed by atoms with E-state index in [0.717, 1.165) is 0 Å². The molecule has 0 atom stereocenters. The first-order valence-electron chi connectivity index (χ1n) is 5.83. The van der Waals surface area contributed by atoms with Gasteiger partial charge in [-0.1, -0.05) is 29.3 Å². The molecule has 0 unspecified atom stereocenters. The molecule has 0 spiro atoms. The average Bonchev–Trinajstić information content (AvgIpc) is 2.49. The number of rotatable bonds is 2. The first kappa shape index (κ1) is 16.8. The fourth-order valence-electron chi connectivity index (χ4n) is 1.43. The number of phenols is 1. The van der Waals surface area contributed by atoms with E-state index >= 15 is 0 Å². The minimum absolute atomic E-state index is 0.159. The maximum atomic E-state index is 10.3. The number of phenolic OH excluding ortho intramolecular Hbond substituents is 1. The van der Waals surface area contributed by atoms with Gasteiger partial charge in [-0.3, -0.25) is 4.79 Å². The van der Waals surface area contributed by atoms with Crippen molar-refractivity contribution >= 4 is 35.2 Å². The van der Waals surface area contributed by atoms with Crippen molar-refractivity contribution in [3.63, 3.8) is 0 Å². The third-order valence-electron chi connectivity index (χ3n) is 2.51. The maximum absolute atomic E-state index is 10.3. The SMILES string of the molecule is CNc1cc(C#N)ccc1O.O=Cc1c(Cl)cccc1Cl. The topological polar surface area (TPSA) is 73.1 Å². The number of aromatic hydroxyl groups is 1. The standard InChI is InChI=1S/C8H8N2O.C7H4Cl2O/c1-10-7-4-6(5-9)2-3-8(7)11;8-6-2-1-3-7(9)5(6)4-10/h2-4,10-11H,1H3;1-4H. The molecular weight excluding hydrogens is 311 g/mol. The molecule has 2 rings (SSSR count). The number of hydrogen-bond donors (Lipinski definition) is 2. The second kappa shape index (κ2) is 8.15. The number of nitriles is 1. The molecule has 2 aromatic rings. The molecule has 0 fully saturated rings. The molecule has 0 amide bonds. The maximum Gasteiger partial charge on any atom is 0.153 e. The van der Waals surface area contributed by atoms with Gasteiger partial charge in [-0.25, -0.2) is 0 Å². The Morgan fingerprint density at radius 1 is 1.24 bits per heavy atom. The first-order chi connectivity index (χ1) is 10.0. The molecule has 0 aliphatic rings. The second-order valence-electron chi connectivity index (χ2n) is 3.85. The van der Waals surface area contributed by atoms with Crippen molar-refractivity contribution in [3.8, 4) is 11.8 Å². The van der Waals surface area contributed by atoms with Crippen molar-refractivity contribution in [2.24, 2.45) is 0 Å². The van der Waals surface area contributed by atoms with Crippen LogP contribution in [0.2, 0.25) is 10.0 Å². The number of benzene rings is 2. The number of carbonyl (C=O) groups excluding carboxylic acids is 1. The number of nitrogens with zero attached hydrogens (tertiary/aromatic N) is 1. The van der Waals surface area contributed by atoms with E-state index in [4.69, 9.17) is 33.6 Å². The number of hydrogen-bond acceptors (Lipinski definition) is 4. The summed E-state index contributed by atoms with van der Waals surface area (Å²) >= 11 is 11.2. The van der Waals surface area contributed by atoms with Gasteiger partial charge in [-0.15, -0.1) is 0 Å². The Morgan fingerprint density at radius 2 is 1.86 bits per heavy atom. The first-order valence-corrected chi connectivity index (χ1v) is 6.59. The predicted molar refractivity (Wildman–Crippen MR) is 84.2 cm³/mol. The van der Waals surface area contributed by atoms with Crippen molar-refractivity contribution in [3.05, 3.63) is 57.6 Å². The zero-order chi connectivity index (χ0) is 15.8. The van der Waals surface area contributed by atoms with Gasteiger partial charge in [-0.05, 0) is 30.3 Å². The van der Waals surface area contributed by atoms with E-state index in [-0.39, 0.29) is 5.75 Å². The van der Waals surface area contributed by atoms with Crippen molar-refractivity contribution < 1.29 is 9.90 Å². The van der Waals surface area contributed by atoms with Gasteiger partial charge in [-0.2, -0.15) is 5.26 Å². The summed E-state index contributed by atoms with van der Waals surface area (Å²) in [7, 11) is 1.69. The van der Waals surface area contributed by atoms with E-state index in [1.165, 1.54) is 6.07 Å². The minimum atomic E-state index is 0.159. The van der Waals surface area contributed by atoms with Crippen LogP contribution in [0.5, 0.6) is 5.75 Å². The summed E-state index contributed by atoms with van der Waals surface area (Å²) in [5, 5.41) is 21.2. The van der Waals surface area contributed by atoms with E-state index in [0.29, 0.717) is 33.1 Å². The summed E-state index contributed by atoms with van der Waals surface area (Å²) in [5.74, 6) is 0.159. The monoisotopic (exact) mass is 322 g/mol. The Labute approximate surface area is 132 Å². The molecule has 0 heterocycles. The van der Waals surface area contributed by atoms with Gasteiger partial charge in [0.2, 0.25) is 0 Å². The molecule has 4 nitrogen and oxygen atoms in total. The van der Waals surface area contributed by atoms with Gasteiger partial charge in [0.05, 0.1) is 32.9 Å². The fraction of sp³-hybridized carbons (Fsp3) is 0.0667. The molecule has 0 aliphatic heterocycles. The van der Waals surface area contributed by atoms with Gasteiger partial charge in [0.1, 0.15) is 5.75 Å². The molecule has 2 aromatic carbocycles. The Bertz CT molecular complexity index is 662. The molecule has 0 saturated heterocycles. The summed E-state index contributed by atoms with van der Waals surface area (Å²) in [5.41, 5.74) is 1.46. The molecular formula is C15H12Cl2N2O2. The van der Waals surface area contributed by atoms with Crippen LogP contribution in [0.1, 0.15) is 15.9 Å². The van der Waals surface area contributed by atoms with E-state index < -0.39 is 0 Å². The largest absolute Gasteiger partial charge is 0.506 e. The molecule has 0 radical (unpaired) electrons. The van der Waals surface area contributed by atoms with Crippen LogP contribution < -0.4 is 5.32 Å². The van der Waals surface area contributed by atoms with E-state index in [2.05, 4.69) is 5.32 Å². The van der Waals surface area contributed by atoms with Crippen LogP contribution in [0.3, 0.4) is 0 Å². The number of nitrogens with one attached hydrogen (secondary N) is 1. The highest BCUT2D eigenvalue weighted by Gasteiger charge is 2.01. The number of carbonyl (C=O) groups is 1. The van der Waals surface area contributed by atoms with Crippen LogP contribution in [-0.2, 0) is 0 Å². The van der Waals surface area contributed by atoms with Crippen LogP contribution in [0.4, 0.5) is 5.69 Å². The van der Waals surface area contributed by atoms with Gasteiger partial charge in [0.25, 0.3) is 0 Å². The lowest BCUT2D eigenvalue weighted by molar-refractivity contribution is 0.112. The highest BCUT2D eigenvalue weighted by molar-refractivity contribution is 6.38. The van der Waals surface area contributed by atoms with E-state index in [1.807, 2.05) is 6.07 Å². The summed E-state index contributed by atoms with van der Waals surface area (Å²) in [6.07, 6.45) is 0.644. The second-order valence-corrected chi connectivity index (χ2v) is 4.66. The molecule has 108 valence electrons. The van der Waals surface area contributed by atoms with Gasteiger partial charge < -0.3 is 10.4 Å². The van der Waals surface area contributed by atoms with E-state index in [9.17, 15) is 4.79 Å². The molecule has 21 heavy (non-hydrogen) atoms. The highest BCUT2D eigenvalue weighted by Crippen LogP contribution is 2.23. The minimum Gasteiger partial charge on any atom is -0.506 e. The molecule has 0 aliphatic carbocycles. The summed E-state index contributed by atoms with van der Waals surface area (Å²) in [6, 6.07) is 11.6. The van der Waals surface area contributed by atoms with Crippen LogP contribution in [0.15, 0.2) is 36.4 Å². The lowest BCUT2D eigenvalue weighted by Gasteiger charge is -2.01. The fourth-order valence-corrected chi connectivity index (χ4v) is 1.92. The third-order valence-corrected chi connectivity index (χ3v) is 3.17. The predicted octanol–water partition coefficient (Wildman–Crippen LogP) is 4.11. The van der Waals surface area contributed by atoms with Crippen molar-refractivity contribution in [1.29, 1.82) is 5.26 Å². The lowest BCUT2D eigenvalue weighted by atomic mass is 10.2. The quantitative estimate of drug-likeness (QED) is 0.644. The molecule has 0 bridgehead atoms. The van der Waals surface area contributed by atoms with E-state index in [1.54, 1.807) is 37.4 Å². The molecule has 6 heteroatoms.